The van der Waals surface area contributed by atoms with Crippen molar-refractivity contribution < 1.29 is 37.4 Å². The quantitative estimate of drug-likeness (QED) is 0.466. The number of hydrogen-bond acceptors (Lipinski definition) is 6. The van der Waals surface area contributed by atoms with Crippen molar-refractivity contribution in [3.05, 3.63) is 47.8 Å². The number of fused-ring (bicyclic) bond motifs is 1. The smallest absolute Gasteiger partial charge is 0.477 e. The minimum Gasteiger partial charge on any atom is -0.477 e. The Morgan fingerprint density at radius 3 is 2.45 bits per heavy atom. The minimum atomic E-state index is -5.08. The molecule has 0 saturated heterocycles. The van der Waals surface area contributed by atoms with Gasteiger partial charge in [0.05, 0.1) is 11.0 Å². The lowest BCUT2D eigenvalue weighted by Crippen LogP contribution is -2.21. The van der Waals surface area contributed by atoms with E-state index in [1.165, 1.54) is 24.4 Å². The molecule has 2 heterocycles. The van der Waals surface area contributed by atoms with Gasteiger partial charge in [0.1, 0.15) is 11.6 Å². The number of alkyl halides is 3. The fourth-order valence-electron chi connectivity index (χ4n) is 2.01. The highest BCUT2D eigenvalue weighted by molar-refractivity contribution is 5.85. The van der Waals surface area contributed by atoms with E-state index in [9.17, 15) is 22.4 Å². The Balaban J connectivity index is 0.000000370. The number of rotatable bonds is 5. The van der Waals surface area contributed by atoms with Crippen LogP contribution in [-0.2, 0) is 11.2 Å². The molecule has 0 amide bonds. The Hall–Kier alpha value is -3.77. The summed E-state index contributed by atoms with van der Waals surface area (Å²) in [5, 5.41) is 18.9. The van der Waals surface area contributed by atoms with Crippen molar-refractivity contribution >= 4 is 28.9 Å². The standard InChI is InChI=1S/C14H12FN5O2.C2HF3O2/c15-8-1-2-9-11(7-8)19-12(18-9)4-6-17-14-16-5-3-10(20-14)13(21)22;3-2(4,5)1(6)7/h1-3,5,7H,4,6H2,(H,18,19)(H,21,22)(H,16,17,20);(H,6,7). The summed E-state index contributed by atoms with van der Waals surface area (Å²) < 4.78 is 44.8. The number of hydrogen-bond donors (Lipinski definition) is 4. The minimum absolute atomic E-state index is 0.0725. The van der Waals surface area contributed by atoms with Crippen LogP contribution < -0.4 is 5.32 Å². The SMILES string of the molecule is O=C(O)C(F)(F)F.O=C(O)c1ccnc(NCCc2nc3ccc(F)cc3[nH]2)n1. The van der Waals surface area contributed by atoms with E-state index in [-0.39, 0.29) is 17.5 Å². The molecule has 2 aromatic heterocycles. The van der Waals surface area contributed by atoms with Crippen LogP contribution in [0.3, 0.4) is 0 Å². The molecule has 9 nitrogen and oxygen atoms in total. The molecular formula is C16H13F4N5O4. The molecule has 0 bridgehead atoms. The molecule has 0 aliphatic rings. The second-order valence-electron chi connectivity index (χ2n) is 5.40. The van der Waals surface area contributed by atoms with Crippen molar-refractivity contribution in [2.45, 2.75) is 12.6 Å². The Morgan fingerprint density at radius 1 is 1.14 bits per heavy atom. The Kier molecular flexibility index (Phi) is 6.64. The van der Waals surface area contributed by atoms with Crippen LogP contribution in [-0.4, -0.2) is 54.8 Å². The molecule has 4 N–H and O–H groups in total. The fraction of sp³-hybridized carbons (Fsp3) is 0.188. The van der Waals surface area contributed by atoms with Gasteiger partial charge in [0.25, 0.3) is 0 Å². The lowest BCUT2D eigenvalue weighted by molar-refractivity contribution is -0.192. The third-order valence-electron chi connectivity index (χ3n) is 3.26. The number of aliphatic carboxylic acids is 1. The van der Waals surface area contributed by atoms with Gasteiger partial charge in [-0.05, 0) is 24.3 Å². The number of carboxylic acids is 2. The number of anilines is 1. The highest BCUT2D eigenvalue weighted by atomic mass is 19.4. The number of H-pyrrole nitrogens is 1. The largest absolute Gasteiger partial charge is 0.490 e. The Morgan fingerprint density at radius 2 is 1.83 bits per heavy atom. The zero-order chi connectivity index (χ0) is 21.6. The number of carboxylic acid groups (broad SMARTS) is 2. The molecule has 0 radical (unpaired) electrons. The maximum atomic E-state index is 13.1. The van der Waals surface area contributed by atoms with E-state index in [1.807, 2.05) is 0 Å². The average Bonchev–Trinajstić information content (AvgIpc) is 3.03. The first-order chi connectivity index (χ1) is 13.6. The summed E-state index contributed by atoms with van der Waals surface area (Å²) in [6.45, 7) is 0.464. The molecule has 0 aliphatic heterocycles. The molecule has 0 unspecified atom stereocenters. The molecule has 3 aromatic rings. The predicted molar refractivity (Wildman–Crippen MR) is 90.9 cm³/mol. The maximum absolute atomic E-state index is 13.1. The summed E-state index contributed by atoms with van der Waals surface area (Å²) in [6.07, 6.45) is -3.17. The van der Waals surface area contributed by atoms with Crippen LogP contribution in [0.15, 0.2) is 30.5 Å². The number of aromatic amines is 1. The first-order valence-electron chi connectivity index (χ1n) is 7.80. The van der Waals surface area contributed by atoms with Gasteiger partial charge in [0.15, 0.2) is 5.69 Å². The average molecular weight is 415 g/mol. The van der Waals surface area contributed by atoms with Crippen LogP contribution in [0.25, 0.3) is 11.0 Å². The number of carbonyl (C=O) groups is 2. The van der Waals surface area contributed by atoms with E-state index >= 15 is 0 Å². The monoisotopic (exact) mass is 415 g/mol. The van der Waals surface area contributed by atoms with E-state index in [0.29, 0.717) is 29.8 Å². The zero-order valence-corrected chi connectivity index (χ0v) is 14.4. The second kappa shape index (κ2) is 8.95. The Bertz CT molecular complexity index is 1020. The van der Waals surface area contributed by atoms with Gasteiger partial charge >= 0.3 is 18.1 Å². The maximum Gasteiger partial charge on any atom is 0.490 e. The van der Waals surface area contributed by atoms with Crippen LogP contribution in [0.1, 0.15) is 16.3 Å². The number of imidazole rings is 1. The molecule has 0 aliphatic carbocycles. The van der Waals surface area contributed by atoms with Crippen molar-refractivity contribution in [3.8, 4) is 0 Å². The summed E-state index contributed by atoms with van der Waals surface area (Å²) in [5.74, 6) is -3.25. The number of aromatic carboxylic acids is 1. The molecule has 0 atom stereocenters. The van der Waals surface area contributed by atoms with Crippen molar-refractivity contribution in [3.63, 3.8) is 0 Å². The number of halogens is 4. The highest BCUT2D eigenvalue weighted by Crippen LogP contribution is 2.14. The van der Waals surface area contributed by atoms with E-state index in [1.54, 1.807) is 6.07 Å². The van der Waals surface area contributed by atoms with Crippen LogP contribution in [0.5, 0.6) is 0 Å². The lowest BCUT2D eigenvalue weighted by Gasteiger charge is -2.03. The van der Waals surface area contributed by atoms with Gasteiger partial charge in [-0.2, -0.15) is 13.2 Å². The van der Waals surface area contributed by atoms with Gasteiger partial charge < -0.3 is 20.5 Å². The van der Waals surface area contributed by atoms with Crippen molar-refractivity contribution in [1.29, 1.82) is 0 Å². The first-order valence-corrected chi connectivity index (χ1v) is 7.80. The number of aromatic nitrogens is 4. The first kappa shape index (κ1) is 21.5. The summed E-state index contributed by atoms with van der Waals surface area (Å²) in [6, 6.07) is 5.67. The topological polar surface area (TPSA) is 141 Å². The third-order valence-corrected chi connectivity index (χ3v) is 3.26. The van der Waals surface area contributed by atoms with Gasteiger partial charge in [0.2, 0.25) is 5.95 Å². The second-order valence-corrected chi connectivity index (χ2v) is 5.40. The number of nitrogens with one attached hydrogen (secondary N) is 2. The van der Waals surface area contributed by atoms with Crippen LogP contribution >= 0.6 is 0 Å². The van der Waals surface area contributed by atoms with Crippen molar-refractivity contribution in [2.24, 2.45) is 0 Å². The van der Waals surface area contributed by atoms with Crippen molar-refractivity contribution in [1.82, 2.24) is 19.9 Å². The molecule has 154 valence electrons. The van der Waals surface area contributed by atoms with Gasteiger partial charge in [-0.1, -0.05) is 0 Å². The summed E-state index contributed by atoms with van der Waals surface area (Å²) >= 11 is 0. The van der Waals surface area contributed by atoms with Crippen LogP contribution in [0.2, 0.25) is 0 Å². The molecule has 0 fully saturated rings. The van der Waals surface area contributed by atoms with E-state index in [4.69, 9.17) is 15.0 Å². The molecular weight excluding hydrogens is 402 g/mol. The molecule has 1 aromatic carbocycles. The summed E-state index contributed by atoms with van der Waals surface area (Å²) in [5.41, 5.74) is 1.26. The highest BCUT2D eigenvalue weighted by Gasteiger charge is 2.38. The normalized spacial score (nSPS) is 10.9. The van der Waals surface area contributed by atoms with Gasteiger partial charge in [0, 0.05) is 19.2 Å². The predicted octanol–water partition coefficient (Wildman–Crippen LogP) is 2.48. The van der Waals surface area contributed by atoms with E-state index < -0.39 is 18.1 Å². The molecule has 3 rings (SSSR count). The number of benzene rings is 1. The van der Waals surface area contributed by atoms with Gasteiger partial charge in [-0.25, -0.2) is 28.9 Å². The summed E-state index contributed by atoms with van der Waals surface area (Å²) in [4.78, 5) is 34.9. The van der Waals surface area contributed by atoms with Crippen LogP contribution in [0, 0.1) is 5.82 Å². The van der Waals surface area contributed by atoms with E-state index in [0.717, 1.165) is 0 Å². The molecule has 29 heavy (non-hydrogen) atoms. The molecule has 0 saturated carbocycles. The number of nitrogens with zero attached hydrogens (tertiary/aromatic N) is 3. The van der Waals surface area contributed by atoms with Crippen molar-refractivity contribution in [2.75, 3.05) is 11.9 Å². The third kappa shape index (κ3) is 6.41. The zero-order valence-electron chi connectivity index (χ0n) is 14.4. The van der Waals surface area contributed by atoms with Gasteiger partial charge in [-0.3, -0.25) is 0 Å². The fourth-order valence-corrected chi connectivity index (χ4v) is 2.01. The molecule has 13 heteroatoms. The summed E-state index contributed by atoms with van der Waals surface area (Å²) in [7, 11) is 0. The van der Waals surface area contributed by atoms with Gasteiger partial charge in [-0.15, -0.1) is 0 Å². The Labute approximate surface area is 159 Å². The molecule has 0 spiro atoms. The lowest BCUT2D eigenvalue weighted by atomic mass is 10.3. The van der Waals surface area contributed by atoms with E-state index in [2.05, 4.69) is 25.3 Å². The van der Waals surface area contributed by atoms with Crippen LogP contribution in [0.4, 0.5) is 23.5 Å².